The molecule has 1 atom stereocenters. The number of hydrogen-bond donors (Lipinski definition) is 0. The van der Waals surface area contributed by atoms with E-state index in [-0.39, 0.29) is 0 Å². The van der Waals surface area contributed by atoms with Gasteiger partial charge in [-0.1, -0.05) is 34.7 Å². The molecule has 1 aromatic rings. The fourth-order valence-electron chi connectivity index (χ4n) is 1.21. The third-order valence-corrected chi connectivity index (χ3v) is 2.68. The van der Waals surface area contributed by atoms with E-state index < -0.39 is 0 Å². The maximum absolute atomic E-state index is 5.54. The highest BCUT2D eigenvalue weighted by Crippen LogP contribution is 2.16. The summed E-state index contributed by atoms with van der Waals surface area (Å²) in [6.45, 7) is 1.54. The lowest BCUT2D eigenvalue weighted by Gasteiger charge is -2.04. The molecule has 1 fully saturated rings. The standard InChI is InChI=1S/C11H13IO2/c12-6-5-9-1-3-10(4-2-9)13-7-11-8-14-11/h1-4,11H,5-8H2. The second kappa shape index (κ2) is 4.98. The van der Waals surface area contributed by atoms with Crippen molar-refractivity contribution in [2.45, 2.75) is 12.5 Å². The molecule has 1 aliphatic heterocycles. The van der Waals surface area contributed by atoms with Gasteiger partial charge in [-0.2, -0.15) is 0 Å². The largest absolute Gasteiger partial charge is 0.491 e. The summed E-state index contributed by atoms with van der Waals surface area (Å²) in [6, 6.07) is 8.32. The minimum Gasteiger partial charge on any atom is -0.491 e. The number of hydrogen-bond acceptors (Lipinski definition) is 2. The zero-order chi connectivity index (χ0) is 9.80. The van der Waals surface area contributed by atoms with Gasteiger partial charge in [-0.05, 0) is 24.1 Å². The van der Waals surface area contributed by atoms with Gasteiger partial charge in [0.1, 0.15) is 18.5 Å². The molecule has 0 radical (unpaired) electrons. The van der Waals surface area contributed by atoms with E-state index in [1.807, 2.05) is 12.1 Å². The van der Waals surface area contributed by atoms with Gasteiger partial charge in [0.05, 0.1) is 6.61 Å². The van der Waals surface area contributed by atoms with Crippen LogP contribution < -0.4 is 4.74 Å². The van der Waals surface area contributed by atoms with Crippen LogP contribution in [0.3, 0.4) is 0 Å². The lowest BCUT2D eigenvalue weighted by atomic mass is 10.2. The summed E-state index contributed by atoms with van der Waals surface area (Å²) < 4.78 is 11.8. The molecule has 1 saturated heterocycles. The molecule has 1 aromatic carbocycles. The topological polar surface area (TPSA) is 21.8 Å². The Morgan fingerprint density at radius 1 is 1.36 bits per heavy atom. The number of halogens is 1. The van der Waals surface area contributed by atoms with E-state index in [0.29, 0.717) is 12.7 Å². The van der Waals surface area contributed by atoms with Crippen LogP contribution in [-0.4, -0.2) is 23.7 Å². The monoisotopic (exact) mass is 304 g/mol. The fraction of sp³-hybridized carbons (Fsp3) is 0.455. The first-order chi connectivity index (χ1) is 6.88. The van der Waals surface area contributed by atoms with Crippen molar-refractivity contribution >= 4 is 22.6 Å². The van der Waals surface area contributed by atoms with Crippen molar-refractivity contribution in [2.24, 2.45) is 0 Å². The van der Waals surface area contributed by atoms with E-state index >= 15 is 0 Å². The molecule has 0 aliphatic carbocycles. The smallest absolute Gasteiger partial charge is 0.119 e. The Labute approximate surface area is 97.7 Å². The van der Waals surface area contributed by atoms with Crippen molar-refractivity contribution in [2.75, 3.05) is 17.6 Å². The van der Waals surface area contributed by atoms with E-state index in [1.54, 1.807) is 0 Å². The van der Waals surface area contributed by atoms with Gasteiger partial charge < -0.3 is 9.47 Å². The quantitative estimate of drug-likeness (QED) is 0.473. The predicted octanol–water partition coefficient (Wildman–Crippen LogP) is 2.44. The number of rotatable bonds is 5. The summed E-state index contributed by atoms with van der Waals surface area (Å²) in [4.78, 5) is 0. The van der Waals surface area contributed by atoms with E-state index in [2.05, 4.69) is 34.7 Å². The molecule has 0 aromatic heterocycles. The Morgan fingerprint density at radius 3 is 2.64 bits per heavy atom. The molecule has 0 spiro atoms. The maximum Gasteiger partial charge on any atom is 0.119 e. The molecule has 3 heteroatoms. The second-order valence-electron chi connectivity index (χ2n) is 3.35. The molecule has 0 N–H and O–H groups in total. The first-order valence-corrected chi connectivity index (χ1v) is 6.30. The van der Waals surface area contributed by atoms with Gasteiger partial charge in [0.2, 0.25) is 0 Å². The van der Waals surface area contributed by atoms with Crippen LogP contribution in [0.25, 0.3) is 0 Å². The number of ether oxygens (including phenoxy) is 2. The number of epoxide rings is 1. The Balaban J connectivity index is 1.84. The maximum atomic E-state index is 5.54. The molecule has 0 amide bonds. The summed E-state index contributed by atoms with van der Waals surface area (Å²) in [6.07, 6.45) is 1.47. The van der Waals surface area contributed by atoms with Crippen LogP contribution in [-0.2, 0) is 11.2 Å². The van der Waals surface area contributed by atoms with E-state index in [1.165, 1.54) is 5.56 Å². The first kappa shape index (κ1) is 10.2. The van der Waals surface area contributed by atoms with Crippen molar-refractivity contribution in [1.82, 2.24) is 0 Å². The lowest BCUT2D eigenvalue weighted by Crippen LogP contribution is -2.03. The van der Waals surface area contributed by atoms with Crippen LogP contribution in [0.5, 0.6) is 5.75 Å². The molecule has 1 aliphatic rings. The van der Waals surface area contributed by atoms with Crippen molar-refractivity contribution in [3.05, 3.63) is 29.8 Å². The molecule has 0 saturated carbocycles. The zero-order valence-electron chi connectivity index (χ0n) is 7.91. The molecular formula is C11H13IO2. The summed E-state index contributed by atoms with van der Waals surface area (Å²) in [7, 11) is 0. The highest BCUT2D eigenvalue weighted by atomic mass is 127. The van der Waals surface area contributed by atoms with Gasteiger partial charge in [0.25, 0.3) is 0 Å². The third kappa shape index (κ3) is 3.13. The number of aryl methyl sites for hydroxylation is 1. The van der Waals surface area contributed by atoms with Gasteiger partial charge >= 0.3 is 0 Å². The molecule has 1 heterocycles. The molecule has 1 unspecified atom stereocenters. The Morgan fingerprint density at radius 2 is 2.07 bits per heavy atom. The summed E-state index contributed by atoms with van der Waals surface area (Å²) >= 11 is 2.39. The van der Waals surface area contributed by atoms with Crippen molar-refractivity contribution in [3.8, 4) is 5.75 Å². The van der Waals surface area contributed by atoms with Crippen LogP contribution in [0, 0.1) is 0 Å². The zero-order valence-corrected chi connectivity index (χ0v) is 10.1. The Kier molecular flexibility index (Phi) is 3.64. The third-order valence-electron chi connectivity index (χ3n) is 2.14. The molecule has 76 valence electrons. The van der Waals surface area contributed by atoms with Crippen molar-refractivity contribution in [3.63, 3.8) is 0 Å². The molecule has 2 rings (SSSR count). The number of alkyl halides is 1. The van der Waals surface area contributed by atoms with Gasteiger partial charge in [0.15, 0.2) is 0 Å². The van der Waals surface area contributed by atoms with Gasteiger partial charge in [-0.3, -0.25) is 0 Å². The van der Waals surface area contributed by atoms with Crippen molar-refractivity contribution in [1.29, 1.82) is 0 Å². The van der Waals surface area contributed by atoms with Crippen LogP contribution in [0.2, 0.25) is 0 Å². The fourth-order valence-corrected chi connectivity index (χ4v) is 1.84. The van der Waals surface area contributed by atoms with E-state index in [0.717, 1.165) is 23.2 Å². The minimum atomic E-state index is 0.337. The molecular weight excluding hydrogens is 291 g/mol. The van der Waals surface area contributed by atoms with Crippen molar-refractivity contribution < 1.29 is 9.47 Å². The minimum absolute atomic E-state index is 0.337. The Bertz CT molecular complexity index is 280. The number of benzene rings is 1. The van der Waals surface area contributed by atoms with Gasteiger partial charge in [0, 0.05) is 4.43 Å². The van der Waals surface area contributed by atoms with Crippen LogP contribution in [0.1, 0.15) is 5.56 Å². The van der Waals surface area contributed by atoms with E-state index in [9.17, 15) is 0 Å². The summed E-state index contributed by atoms with van der Waals surface area (Å²) in [5.74, 6) is 0.942. The normalized spacial score (nSPS) is 19.4. The highest BCUT2D eigenvalue weighted by molar-refractivity contribution is 14.1. The average molecular weight is 304 g/mol. The van der Waals surface area contributed by atoms with E-state index in [4.69, 9.17) is 9.47 Å². The van der Waals surface area contributed by atoms with Crippen LogP contribution in [0.4, 0.5) is 0 Å². The molecule has 0 bridgehead atoms. The Hall–Kier alpha value is -0.290. The van der Waals surface area contributed by atoms with Gasteiger partial charge in [-0.25, -0.2) is 0 Å². The first-order valence-electron chi connectivity index (χ1n) is 4.78. The predicted molar refractivity (Wildman–Crippen MR) is 64.3 cm³/mol. The molecule has 2 nitrogen and oxygen atoms in total. The lowest BCUT2D eigenvalue weighted by molar-refractivity contribution is 0.263. The van der Waals surface area contributed by atoms with Crippen LogP contribution >= 0.6 is 22.6 Å². The van der Waals surface area contributed by atoms with Crippen LogP contribution in [0.15, 0.2) is 24.3 Å². The summed E-state index contributed by atoms with van der Waals surface area (Å²) in [5, 5.41) is 0. The SMILES string of the molecule is ICCc1ccc(OCC2CO2)cc1. The second-order valence-corrected chi connectivity index (χ2v) is 4.43. The average Bonchev–Trinajstić information content (AvgIpc) is 3.01. The highest BCUT2D eigenvalue weighted by Gasteiger charge is 2.22. The summed E-state index contributed by atoms with van der Waals surface area (Å²) in [5.41, 5.74) is 1.37. The molecule has 14 heavy (non-hydrogen) atoms. The van der Waals surface area contributed by atoms with Gasteiger partial charge in [-0.15, -0.1) is 0 Å².